The Balaban J connectivity index is 1.54. The Bertz CT molecular complexity index is 1000. The van der Waals surface area contributed by atoms with Gasteiger partial charge in [-0.3, -0.25) is 9.59 Å². The number of fused-ring (bicyclic) bond motifs is 4. The third-order valence-corrected chi connectivity index (χ3v) is 5.38. The molecule has 1 aromatic carbocycles. The lowest BCUT2D eigenvalue weighted by Crippen LogP contribution is -2.48. The average Bonchev–Trinajstić information content (AvgIpc) is 2.64. The maximum atomic E-state index is 13.2. The molecule has 8 heteroatoms. The van der Waals surface area contributed by atoms with Crippen molar-refractivity contribution in [3.05, 3.63) is 58.3 Å². The average molecular weight is 384 g/mol. The van der Waals surface area contributed by atoms with E-state index in [1.165, 1.54) is 18.2 Å². The molecule has 1 fully saturated rings. The van der Waals surface area contributed by atoms with E-state index in [0.717, 1.165) is 12.1 Å². The molecule has 3 heterocycles. The molecular weight excluding hydrogens is 363 g/mol. The highest BCUT2D eigenvalue weighted by Gasteiger charge is 2.35. The molecule has 28 heavy (non-hydrogen) atoms. The number of amides is 3. The molecule has 0 aliphatic carbocycles. The Morgan fingerprint density at radius 2 is 1.93 bits per heavy atom. The molecule has 2 aliphatic rings. The van der Waals surface area contributed by atoms with E-state index in [4.69, 9.17) is 0 Å². The standard InChI is InChI=1S/C20H21FN4O3/c1-12(26)24-9-13-7-14(11-24)18-6-5-17(19(27)25(18)10-13)23-20(28)22-16-4-2-3-15(21)8-16/h2-6,8,13-14H,7,9-11H2,1H3,(H2,22,23,28)/t13-,14-/m1/s1. The van der Waals surface area contributed by atoms with E-state index in [-0.39, 0.29) is 29.0 Å². The molecule has 7 nitrogen and oxygen atoms in total. The van der Waals surface area contributed by atoms with Gasteiger partial charge in [-0.05, 0) is 42.7 Å². The minimum absolute atomic E-state index is 0.0535. The van der Waals surface area contributed by atoms with Gasteiger partial charge in [-0.15, -0.1) is 0 Å². The summed E-state index contributed by atoms with van der Waals surface area (Å²) in [7, 11) is 0. The van der Waals surface area contributed by atoms with Crippen molar-refractivity contribution in [3.63, 3.8) is 0 Å². The fourth-order valence-corrected chi connectivity index (χ4v) is 4.15. The molecule has 0 saturated carbocycles. The Morgan fingerprint density at radius 1 is 1.11 bits per heavy atom. The zero-order chi connectivity index (χ0) is 19.8. The van der Waals surface area contributed by atoms with Gasteiger partial charge in [0.05, 0.1) is 0 Å². The van der Waals surface area contributed by atoms with Crippen LogP contribution >= 0.6 is 0 Å². The number of likely N-dealkylation sites (tertiary alicyclic amines) is 1. The van der Waals surface area contributed by atoms with Crippen LogP contribution in [0.15, 0.2) is 41.2 Å². The van der Waals surface area contributed by atoms with Crippen LogP contribution < -0.4 is 16.2 Å². The fourth-order valence-electron chi connectivity index (χ4n) is 4.15. The molecule has 1 saturated heterocycles. The topological polar surface area (TPSA) is 83.4 Å². The number of halogens is 1. The summed E-state index contributed by atoms with van der Waals surface area (Å²) in [6, 6.07) is 8.34. The normalized spacial score (nSPS) is 20.3. The summed E-state index contributed by atoms with van der Waals surface area (Å²) in [5.74, 6) is -0.0564. The zero-order valence-corrected chi connectivity index (χ0v) is 15.4. The Labute approximate surface area is 161 Å². The quantitative estimate of drug-likeness (QED) is 0.835. The lowest BCUT2D eigenvalue weighted by atomic mass is 9.83. The van der Waals surface area contributed by atoms with Crippen LogP contribution in [0.1, 0.15) is 25.0 Å². The van der Waals surface area contributed by atoms with Crippen LogP contribution in [0.25, 0.3) is 0 Å². The Kier molecular flexibility index (Phi) is 4.62. The van der Waals surface area contributed by atoms with Crippen molar-refractivity contribution in [2.75, 3.05) is 23.7 Å². The first-order chi connectivity index (χ1) is 13.4. The Hall–Kier alpha value is -3.16. The smallest absolute Gasteiger partial charge is 0.323 e. The van der Waals surface area contributed by atoms with Crippen molar-refractivity contribution in [2.45, 2.75) is 25.8 Å². The number of nitrogens with one attached hydrogen (secondary N) is 2. The van der Waals surface area contributed by atoms with Gasteiger partial charge in [0.15, 0.2) is 0 Å². The number of urea groups is 1. The number of rotatable bonds is 2. The SMILES string of the molecule is CC(=O)N1C[C@H]2C[C@H](C1)c1ccc(NC(=O)Nc3cccc(F)c3)c(=O)n1C2. The van der Waals surface area contributed by atoms with Crippen LogP contribution in [0.2, 0.25) is 0 Å². The molecule has 2 aromatic rings. The first kappa shape index (κ1) is 18.2. The van der Waals surface area contributed by atoms with Crippen LogP contribution in [0.4, 0.5) is 20.6 Å². The number of hydrogen-bond acceptors (Lipinski definition) is 3. The summed E-state index contributed by atoms with van der Waals surface area (Å²) in [5, 5.41) is 5.06. The van der Waals surface area contributed by atoms with Gasteiger partial charge < -0.3 is 20.1 Å². The molecular formula is C20H21FN4O3. The number of aromatic nitrogens is 1. The van der Waals surface area contributed by atoms with Crippen LogP contribution in [-0.2, 0) is 11.3 Å². The predicted molar refractivity (Wildman–Crippen MR) is 103 cm³/mol. The monoisotopic (exact) mass is 384 g/mol. The number of benzene rings is 1. The van der Waals surface area contributed by atoms with Crippen molar-refractivity contribution in [3.8, 4) is 0 Å². The maximum absolute atomic E-state index is 13.2. The first-order valence-electron chi connectivity index (χ1n) is 9.23. The van der Waals surface area contributed by atoms with Gasteiger partial charge in [0.25, 0.3) is 5.56 Å². The summed E-state index contributed by atoms with van der Waals surface area (Å²) in [6.07, 6.45) is 0.954. The number of hydrogen-bond donors (Lipinski definition) is 2. The second-order valence-corrected chi connectivity index (χ2v) is 7.40. The summed E-state index contributed by atoms with van der Waals surface area (Å²) in [5.41, 5.74) is 1.09. The summed E-state index contributed by atoms with van der Waals surface area (Å²) < 4.78 is 14.9. The maximum Gasteiger partial charge on any atom is 0.323 e. The van der Waals surface area contributed by atoms with E-state index in [1.807, 2.05) is 11.0 Å². The number of piperidine rings is 1. The van der Waals surface area contributed by atoms with Gasteiger partial charge in [-0.1, -0.05) is 6.07 Å². The van der Waals surface area contributed by atoms with Crippen LogP contribution in [0.3, 0.4) is 0 Å². The predicted octanol–water partition coefficient (Wildman–Crippen LogP) is 2.60. The number of carbonyl (C=O) groups excluding carboxylic acids is 2. The van der Waals surface area contributed by atoms with Gasteiger partial charge in [-0.25, -0.2) is 9.18 Å². The van der Waals surface area contributed by atoms with Gasteiger partial charge >= 0.3 is 6.03 Å². The number of nitrogens with zero attached hydrogens (tertiary/aromatic N) is 2. The third kappa shape index (κ3) is 3.49. The van der Waals surface area contributed by atoms with E-state index in [1.54, 1.807) is 23.6 Å². The molecule has 2 bridgehead atoms. The summed E-state index contributed by atoms with van der Waals surface area (Å²) in [6.45, 7) is 3.35. The highest BCUT2D eigenvalue weighted by molar-refractivity contribution is 5.99. The van der Waals surface area contributed by atoms with E-state index in [0.29, 0.717) is 25.3 Å². The highest BCUT2D eigenvalue weighted by Crippen LogP contribution is 2.35. The molecule has 4 rings (SSSR count). The second kappa shape index (κ2) is 7.10. The molecule has 1 aromatic heterocycles. The fraction of sp³-hybridized carbons (Fsp3) is 0.350. The summed E-state index contributed by atoms with van der Waals surface area (Å²) in [4.78, 5) is 38.6. The van der Waals surface area contributed by atoms with E-state index >= 15 is 0 Å². The van der Waals surface area contributed by atoms with Gasteiger partial charge in [-0.2, -0.15) is 0 Å². The van der Waals surface area contributed by atoms with Crippen molar-refractivity contribution in [1.29, 1.82) is 0 Å². The van der Waals surface area contributed by atoms with Crippen molar-refractivity contribution in [2.24, 2.45) is 5.92 Å². The van der Waals surface area contributed by atoms with Gasteiger partial charge in [0.2, 0.25) is 5.91 Å². The molecule has 0 unspecified atom stereocenters. The molecule has 146 valence electrons. The highest BCUT2D eigenvalue weighted by atomic mass is 19.1. The third-order valence-electron chi connectivity index (χ3n) is 5.38. The minimum Gasteiger partial charge on any atom is -0.342 e. The molecule has 0 spiro atoms. The van der Waals surface area contributed by atoms with E-state index < -0.39 is 11.8 Å². The minimum atomic E-state index is -0.609. The molecule has 2 atom stereocenters. The summed E-state index contributed by atoms with van der Waals surface area (Å²) >= 11 is 0. The van der Waals surface area contributed by atoms with Crippen LogP contribution in [0, 0.1) is 11.7 Å². The molecule has 2 N–H and O–H groups in total. The van der Waals surface area contributed by atoms with Gasteiger partial charge in [0, 0.05) is 43.9 Å². The van der Waals surface area contributed by atoms with E-state index in [2.05, 4.69) is 10.6 Å². The molecule has 2 aliphatic heterocycles. The first-order valence-corrected chi connectivity index (χ1v) is 9.23. The number of anilines is 2. The van der Waals surface area contributed by atoms with Crippen LogP contribution in [0.5, 0.6) is 0 Å². The Morgan fingerprint density at radius 3 is 2.68 bits per heavy atom. The second-order valence-electron chi connectivity index (χ2n) is 7.40. The van der Waals surface area contributed by atoms with Crippen molar-refractivity contribution >= 4 is 23.3 Å². The number of carbonyl (C=O) groups is 2. The lowest BCUT2D eigenvalue weighted by Gasteiger charge is -2.42. The van der Waals surface area contributed by atoms with Gasteiger partial charge in [0.1, 0.15) is 11.5 Å². The van der Waals surface area contributed by atoms with E-state index in [9.17, 15) is 18.8 Å². The lowest BCUT2D eigenvalue weighted by molar-refractivity contribution is -0.131. The number of pyridine rings is 1. The zero-order valence-electron chi connectivity index (χ0n) is 15.4. The van der Waals surface area contributed by atoms with Crippen molar-refractivity contribution in [1.82, 2.24) is 9.47 Å². The largest absolute Gasteiger partial charge is 0.342 e. The molecule has 0 radical (unpaired) electrons. The van der Waals surface area contributed by atoms with Crippen LogP contribution in [-0.4, -0.2) is 34.5 Å². The van der Waals surface area contributed by atoms with Crippen molar-refractivity contribution < 1.29 is 14.0 Å². The molecule has 3 amide bonds.